The minimum Gasteiger partial charge on any atom is -0.436 e. The topological polar surface area (TPSA) is 182 Å². The second-order valence-corrected chi connectivity index (χ2v) is 16.1. The molecule has 3 fully saturated rings. The van der Waals surface area contributed by atoms with Crippen LogP contribution >= 0.6 is 0 Å². The van der Waals surface area contributed by atoms with Crippen LogP contribution < -0.4 is 10.6 Å². The van der Waals surface area contributed by atoms with Gasteiger partial charge in [0.25, 0.3) is 5.91 Å². The Bertz CT molecular complexity index is 2780. The number of benzene rings is 4. The Kier molecular flexibility index (Phi) is 9.26. The van der Waals surface area contributed by atoms with Gasteiger partial charge in [0.2, 0.25) is 23.6 Å². The van der Waals surface area contributed by atoms with Crippen molar-refractivity contribution in [3.8, 4) is 22.8 Å². The Morgan fingerprint density at radius 1 is 0.717 bits per heavy atom. The summed E-state index contributed by atoms with van der Waals surface area (Å²) in [6.45, 7) is 3.42. The fourth-order valence-electron chi connectivity index (χ4n) is 9.12. The average Bonchev–Trinajstić information content (AvgIpc) is 3.90. The number of amides is 4. The molecule has 4 amide bonds. The van der Waals surface area contributed by atoms with E-state index in [9.17, 15) is 19.2 Å². The van der Waals surface area contributed by atoms with E-state index in [1.807, 2.05) is 107 Å². The summed E-state index contributed by atoms with van der Waals surface area (Å²) in [6.07, 6.45) is 5.03. The lowest BCUT2D eigenvalue weighted by atomic mass is 10.0. The second kappa shape index (κ2) is 14.9. The fourth-order valence-corrected chi connectivity index (χ4v) is 9.12. The van der Waals surface area contributed by atoms with Crippen molar-refractivity contribution in [3.63, 3.8) is 0 Å². The summed E-state index contributed by atoms with van der Waals surface area (Å²) in [6, 6.07) is 28.4. The largest absolute Gasteiger partial charge is 0.436 e. The summed E-state index contributed by atoms with van der Waals surface area (Å²) in [5.74, 6) is 2.01. The molecule has 3 aliphatic rings. The van der Waals surface area contributed by atoms with E-state index in [-0.39, 0.29) is 41.8 Å². The Morgan fingerprint density at radius 3 is 1.93 bits per heavy atom. The van der Waals surface area contributed by atoms with Crippen molar-refractivity contribution in [2.24, 2.45) is 5.92 Å². The summed E-state index contributed by atoms with van der Waals surface area (Å²) < 4.78 is 6.33. The van der Waals surface area contributed by atoms with Crippen molar-refractivity contribution in [2.75, 3.05) is 6.54 Å². The minimum atomic E-state index is -0.786. The lowest BCUT2D eigenvalue weighted by Crippen LogP contribution is -2.43. The third-order valence-electron chi connectivity index (χ3n) is 12.0. The highest BCUT2D eigenvalue weighted by Gasteiger charge is 2.56. The molecule has 0 radical (unpaired) electrons. The molecule has 10 rings (SSSR count). The number of aromatic amines is 2. The van der Waals surface area contributed by atoms with Crippen LogP contribution in [0.25, 0.3) is 44.8 Å². The molecule has 0 bridgehead atoms. The van der Waals surface area contributed by atoms with Crippen molar-refractivity contribution >= 4 is 45.7 Å². The number of aromatic nitrogens is 5. The number of hydrogen-bond donors (Lipinski definition) is 4. The molecule has 1 aliphatic carbocycles. The van der Waals surface area contributed by atoms with Gasteiger partial charge in [-0.25, -0.2) is 15.0 Å². The maximum atomic E-state index is 14.2. The molecule has 5 heterocycles. The number of imidazole rings is 2. The first-order valence-corrected chi connectivity index (χ1v) is 20.4. The maximum Gasteiger partial charge on any atom is 0.250 e. The highest BCUT2D eigenvalue weighted by atomic mass is 16.4. The number of H-pyrrole nitrogens is 2. The van der Waals surface area contributed by atoms with Gasteiger partial charge in [0.1, 0.15) is 23.7 Å². The van der Waals surface area contributed by atoms with E-state index >= 15 is 0 Å². The molecule has 4 N–H and O–H groups in total. The molecule has 3 aromatic heterocycles. The molecule has 14 heteroatoms. The molecular formula is C46H43N9O5. The molecule has 6 atom stereocenters. The van der Waals surface area contributed by atoms with Gasteiger partial charge in [-0.2, -0.15) is 0 Å². The number of hydrogen-bond acceptors (Lipinski definition) is 8. The second-order valence-electron chi connectivity index (χ2n) is 16.1. The number of oxazole rings is 1. The number of nitrogens with zero attached hydrogens (tertiary/aromatic N) is 5. The highest BCUT2D eigenvalue weighted by Crippen LogP contribution is 2.54. The minimum absolute atomic E-state index is 0.125. The molecule has 1 saturated carbocycles. The number of carbonyl (C=O) groups is 4. The van der Waals surface area contributed by atoms with Gasteiger partial charge < -0.3 is 34.8 Å². The van der Waals surface area contributed by atoms with E-state index in [0.717, 1.165) is 70.0 Å². The van der Waals surface area contributed by atoms with Gasteiger partial charge in [-0.1, -0.05) is 60.7 Å². The zero-order valence-corrected chi connectivity index (χ0v) is 33.1. The smallest absolute Gasteiger partial charge is 0.250 e. The van der Waals surface area contributed by atoms with Crippen LogP contribution in [0.15, 0.2) is 108 Å². The lowest BCUT2D eigenvalue weighted by Gasteiger charge is -2.30. The number of nitrogens with one attached hydrogen (secondary N) is 4. The molecular weight excluding hydrogens is 759 g/mol. The number of rotatable bonds is 10. The van der Waals surface area contributed by atoms with E-state index in [1.54, 1.807) is 6.20 Å². The Balaban J connectivity index is 0.874. The molecule has 0 unspecified atom stereocenters. The van der Waals surface area contributed by atoms with E-state index in [1.165, 1.54) is 13.8 Å². The van der Waals surface area contributed by atoms with Crippen LogP contribution in [0.5, 0.6) is 0 Å². The zero-order chi connectivity index (χ0) is 41.1. The molecule has 0 spiro atoms. The van der Waals surface area contributed by atoms with Crippen LogP contribution in [0.3, 0.4) is 0 Å². The molecule has 4 aromatic carbocycles. The van der Waals surface area contributed by atoms with Gasteiger partial charge in [0, 0.05) is 37.6 Å². The van der Waals surface area contributed by atoms with E-state index in [2.05, 4.69) is 25.6 Å². The van der Waals surface area contributed by atoms with Gasteiger partial charge >= 0.3 is 0 Å². The van der Waals surface area contributed by atoms with Crippen molar-refractivity contribution in [2.45, 2.75) is 69.7 Å². The summed E-state index contributed by atoms with van der Waals surface area (Å²) in [5, 5.41) is 5.73. The van der Waals surface area contributed by atoms with Crippen molar-refractivity contribution in [1.29, 1.82) is 0 Å². The van der Waals surface area contributed by atoms with Gasteiger partial charge in [-0.05, 0) is 79.1 Å². The maximum absolute atomic E-state index is 14.2. The van der Waals surface area contributed by atoms with Crippen LogP contribution in [0.4, 0.5) is 0 Å². The molecule has 60 heavy (non-hydrogen) atoms. The molecule has 14 nitrogen and oxygen atoms in total. The van der Waals surface area contributed by atoms with Gasteiger partial charge in [-0.15, -0.1) is 0 Å². The summed E-state index contributed by atoms with van der Waals surface area (Å²) >= 11 is 0. The summed E-state index contributed by atoms with van der Waals surface area (Å²) in [5.41, 5.74) is 6.20. The standard InChI is InChI=1S/C46H43N9O5/c1-25(56)48-40(27-10-5-3-6-11-27)45(58)54-19-9-14-36(54)42-50-32-17-15-29(20-34(32)52-42)39-24-47-44(60-39)30-16-18-33-35(21-30)53-43(51-33)38-23-31-22-37(31)55(38)46(59)41(49-26(2)57)28-12-7-4-8-13-28/h3-8,10-13,15-18,20-21,24,31,36-38,40-41H,9,14,19,22-23H2,1-2H3,(H,48,56)(H,49,57)(H,50,52)(H,51,53)/t31-,36-,37-,38-,40+,41+/m0/s1. The van der Waals surface area contributed by atoms with Crippen LogP contribution in [0, 0.1) is 5.92 Å². The van der Waals surface area contributed by atoms with Gasteiger partial charge in [0.15, 0.2) is 5.76 Å². The SMILES string of the molecule is CC(=O)N[C@@H](C(=O)N1CCC[C@H]1c1nc2ccc(-c3cnc(-c4ccc5nc([C@@H]6C[C@@H]7C[C@@H]7N6C(=O)[C@H](NC(C)=O)c6ccccc6)[nH]c5c4)o3)cc2[nH]1)c1ccccc1. The van der Waals surface area contributed by atoms with Gasteiger partial charge in [-0.3, -0.25) is 19.2 Å². The number of fused-ring (bicyclic) bond motifs is 3. The Labute approximate surface area is 344 Å². The zero-order valence-electron chi connectivity index (χ0n) is 33.1. The fraction of sp³-hybridized carbons (Fsp3) is 0.283. The summed E-state index contributed by atoms with van der Waals surface area (Å²) in [7, 11) is 0. The van der Waals surface area contributed by atoms with Crippen LogP contribution in [-0.4, -0.2) is 70.9 Å². The predicted octanol–water partition coefficient (Wildman–Crippen LogP) is 6.84. The summed E-state index contributed by atoms with van der Waals surface area (Å²) in [4.78, 5) is 77.6. The third-order valence-corrected chi connectivity index (χ3v) is 12.0. The van der Waals surface area contributed by atoms with Crippen LogP contribution in [0.1, 0.15) is 86.5 Å². The van der Waals surface area contributed by atoms with E-state index in [0.29, 0.717) is 35.8 Å². The van der Waals surface area contributed by atoms with E-state index in [4.69, 9.17) is 14.4 Å². The first-order valence-electron chi connectivity index (χ1n) is 20.4. The lowest BCUT2D eigenvalue weighted by molar-refractivity contribution is -0.138. The van der Waals surface area contributed by atoms with Crippen molar-refractivity contribution in [1.82, 2.24) is 45.4 Å². The molecule has 302 valence electrons. The first kappa shape index (κ1) is 37.2. The Hall–Kier alpha value is -7.09. The van der Waals surface area contributed by atoms with E-state index < -0.39 is 12.1 Å². The van der Waals surface area contributed by atoms with Crippen molar-refractivity contribution < 1.29 is 23.6 Å². The third kappa shape index (κ3) is 6.87. The number of carbonyl (C=O) groups excluding carboxylic acids is 4. The number of likely N-dealkylation sites (tertiary alicyclic amines) is 2. The van der Waals surface area contributed by atoms with Crippen molar-refractivity contribution in [3.05, 3.63) is 126 Å². The average molecular weight is 802 g/mol. The van der Waals surface area contributed by atoms with Gasteiger partial charge in [0.05, 0.1) is 40.3 Å². The number of piperidine rings is 1. The monoisotopic (exact) mass is 801 g/mol. The molecule has 2 aliphatic heterocycles. The highest BCUT2D eigenvalue weighted by molar-refractivity contribution is 5.90. The van der Waals surface area contributed by atoms with Crippen LogP contribution in [0.2, 0.25) is 0 Å². The normalized spacial score (nSPS) is 20.6. The van der Waals surface area contributed by atoms with Crippen LogP contribution in [-0.2, 0) is 19.2 Å². The Morgan fingerprint density at radius 2 is 1.30 bits per heavy atom. The molecule has 2 saturated heterocycles. The first-order chi connectivity index (χ1) is 29.2. The quantitative estimate of drug-likeness (QED) is 0.116. The molecule has 7 aromatic rings. The predicted molar refractivity (Wildman–Crippen MR) is 222 cm³/mol.